The number of amides is 1. The first-order valence-corrected chi connectivity index (χ1v) is 8.95. The Labute approximate surface area is 148 Å². The summed E-state index contributed by atoms with van der Waals surface area (Å²) in [4.78, 5) is 19.3. The number of rotatable bonds is 4. The maximum Gasteiger partial charge on any atom is 0.225 e. The van der Waals surface area contributed by atoms with Crippen LogP contribution < -0.4 is 0 Å². The predicted octanol–water partition coefficient (Wildman–Crippen LogP) is 2.31. The van der Waals surface area contributed by atoms with Crippen molar-refractivity contribution >= 4 is 5.91 Å². The number of carbonyl (C=O) groups excluding carboxylic acids is 1. The molecule has 1 amide bonds. The van der Waals surface area contributed by atoms with E-state index in [1.54, 1.807) is 6.92 Å². The van der Waals surface area contributed by atoms with Crippen LogP contribution in [0.5, 0.6) is 0 Å². The third-order valence-electron chi connectivity index (χ3n) is 5.23. The fraction of sp³-hybridized carbons (Fsp3) is 0.667. The Morgan fingerprint density at radius 1 is 1.36 bits per heavy atom. The Morgan fingerprint density at radius 3 is 2.72 bits per heavy atom. The van der Waals surface area contributed by atoms with E-state index in [9.17, 15) is 4.79 Å². The molecule has 7 nitrogen and oxygen atoms in total. The van der Waals surface area contributed by atoms with Crippen LogP contribution >= 0.6 is 0 Å². The molecule has 1 saturated heterocycles. The lowest BCUT2D eigenvalue weighted by molar-refractivity contribution is -0.136. The average Bonchev–Trinajstić information content (AvgIpc) is 3.13. The molecule has 136 valence electrons. The fourth-order valence-corrected chi connectivity index (χ4v) is 3.69. The molecule has 2 aromatic heterocycles. The molecule has 0 radical (unpaired) electrons. The van der Waals surface area contributed by atoms with Gasteiger partial charge in [-0.1, -0.05) is 12.1 Å². The van der Waals surface area contributed by atoms with Crippen molar-refractivity contribution < 1.29 is 9.32 Å². The molecule has 0 bridgehead atoms. The second-order valence-corrected chi connectivity index (χ2v) is 7.17. The molecular formula is C18H27N5O2. The molecule has 0 N–H and O–H groups in total. The highest BCUT2D eigenvalue weighted by Gasteiger charge is 2.30. The highest BCUT2D eigenvalue weighted by Crippen LogP contribution is 2.27. The van der Waals surface area contributed by atoms with E-state index in [0.717, 1.165) is 43.0 Å². The van der Waals surface area contributed by atoms with Gasteiger partial charge >= 0.3 is 0 Å². The number of likely N-dealkylation sites (tertiary alicyclic amines) is 1. The van der Waals surface area contributed by atoms with E-state index >= 15 is 0 Å². The molecule has 0 aliphatic carbocycles. The van der Waals surface area contributed by atoms with E-state index in [1.807, 2.05) is 30.5 Å². The van der Waals surface area contributed by atoms with Crippen molar-refractivity contribution in [3.05, 3.63) is 28.7 Å². The summed E-state index contributed by atoms with van der Waals surface area (Å²) < 4.78 is 6.98. The summed E-state index contributed by atoms with van der Waals surface area (Å²) in [5.41, 5.74) is 3.33. The number of aryl methyl sites for hydroxylation is 3. The monoisotopic (exact) mass is 345 g/mol. The van der Waals surface area contributed by atoms with Crippen molar-refractivity contribution in [3.63, 3.8) is 0 Å². The zero-order valence-corrected chi connectivity index (χ0v) is 15.7. The first kappa shape index (κ1) is 17.6. The molecule has 2 aromatic rings. The van der Waals surface area contributed by atoms with Crippen LogP contribution in [-0.2, 0) is 18.3 Å². The van der Waals surface area contributed by atoms with Crippen LogP contribution in [0.1, 0.15) is 54.3 Å². The van der Waals surface area contributed by atoms with Crippen LogP contribution in [0.3, 0.4) is 0 Å². The van der Waals surface area contributed by atoms with Crippen LogP contribution in [0.15, 0.2) is 4.52 Å². The first-order chi connectivity index (χ1) is 11.9. The SMILES string of the molecule is Cc1nc([C@H]2CCCN(C(=O)[C@@H](C)Cc3c(C)nn(C)c3C)C2)no1. The summed E-state index contributed by atoms with van der Waals surface area (Å²) in [6.45, 7) is 9.35. The van der Waals surface area contributed by atoms with Crippen LogP contribution in [0.4, 0.5) is 0 Å². The van der Waals surface area contributed by atoms with Gasteiger partial charge in [-0.25, -0.2) is 0 Å². The summed E-state index contributed by atoms with van der Waals surface area (Å²) in [7, 11) is 1.94. The lowest BCUT2D eigenvalue weighted by Gasteiger charge is -2.33. The van der Waals surface area contributed by atoms with Gasteiger partial charge in [0.05, 0.1) is 5.69 Å². The minimum Gasteiger partial charge on any atom is -0.342 e. The molecule has 3 heterocycles. The minimum absolute atomic E-state index is 0.0626. The highest BCUT2D eigenvalue weighted by molar-refractivity contribution is 5.79. The summed E-state index contributed by atoms with van der Waals surface area (Å²) in [5.74, 6) is 1.61. The number of hydrogen-bond acceptors (Lipinski definition) is 5. The lowest BCUT2D eigenvalue weighted by Crippen LogP contribution is -2.42. The zero-order chi connectivity index (χ0) is 18.1. The Bertz CT molecular complexity index is 764. The second kappa shape index (κ2) is 6.98. The van der Waals surface area contributed by atoms with Crippen molar-refractivity contribution in [2.75, 3.05) is 13.1 Å². The van der Waals surface area contributed by atoms with Crippen molar-refractivity contribution in [3.8, 4) is 0 Å². The van der Waals surface area contributed by atoms with Crippen LogP contribution in [0, 0.1) is 26.7 Å². The smallest absolute Gasteiger partial charge is 0.225 e. The first-order valence-electron chi connectivity index (χ1n) is 8.95. The normalized spacial score (nSPS) is 19.2. The third kappa shape index (κ3) is 3.60. The van der Waals surface area contributed by atoms with Crippen LogP contribution in [0.2, 0.25) is 0 Å². The lowest BCUT2D eigenvalue weighted by atomic mass is 9.94. The molecule has 1 aliphatic heterocycles. The Kier molecular flexibility index (Phi) is 4.92. The Balaban J connectivity index is 1.67. The van der Waals surface area contributed by atoms with E-state index in [2.05, 4.69) is 22.2 Å². The van der Waals surface area contributed by atoms with Crippen molar-refractivity contribution in [2.45, 2.75) is 52.9 Å². The van der Waals surface area contributed by atoms with Gasteiger partial charge in [0.2, 0.25) is 11.8 Å². The van der Waals surface area contributed by atoms with E-state index in [-0.39, 0.29) is 17.7 Å². The number of piperidine rings is 1. The molecule has 3 rings (SSSR count). The number of nitrogens with zero attached hydrogens (tertiary/aromatic N) is 5. The molecule has 0 saturated carbocycles. The quantitative estimate of drug-likeness (QED) is 0.850. The summed E-state index contributed by atoms with van der Waals surface area (Å²) >= 11 is 0. The van der Waals surface area contributed by atoms with Gasteiger partial charge in [0.25, 0.3) is 0 Å². The third-order valence-corrected chi connectivity index (χ3v) is 5.23. The van der Waals surface area contributed by atoms with Gasteiger partial charge in [-0.2, -0.15) is 10.1 Å². The fourth-order valence-electron chi connectivity index (χ4n) is 3.69. The van der Waals surface area contributed by atoms with Gasteiger partial charge in [0.1, 0.15) is 0 Å². The minimum atomic E-state index is -0.0626. The predicted molar refractivity (Wildman–Crippen MR) is 93.1 cm³/mol. The van der Waals surface area contributed by atoms with Gasteiger partial charge in [-0.15, -0.1) is 0 Å². The maximum atomic E-state index is 12.9. The molecule has 1 aliphatic rings. The molecule has 2 atom stereocenters. The standard InChI is InChI=1S/C18H27N5O2/c1-11(9-16-12(2)20-22(5)13(16)3)18(24)23-8-6-7-15(10-23)17-19-14(4)25-21-17/h11,15H,6-10H2,1-5H3/t11-,15-/m0/s1. The van der Waals surface area contributed by atoms with E-state index in [0.29, 0.717) is 12.4 Å². The molecule has 1 fully saturated rings. The van der Waals surface area contributed by atoms with Gasteiger partial charge in [0, 0.05) is 44.6 Å². The van der Waals surface area contributed by atoms with Crippen molar-refractivity contribution in [1.29, 1.82) is 0 Å². The largest absolute Gasteiger partial charge is 0.342 e. The van der Waals surface area contributed by atoms with Gasteiger partial charge < -0.3 is 9.42 Å². The number of aromatic nitrogens is 4. The number of carbonyl (C=O) groups is 1. The summed E-state index contributed by atoms with van der Waals surface area (Å²) in [6.07, 6.45) is 2.70. The van der Waals surface area contributed by atoms with Gasteiger partial charge in [0.15, 0.2) is 5.82 Å². The topological polar surface area (TPSA) is 77.1 Å². The van der Waals surface area contributed by atoms with E-state index in [4.69, 9.17) is 4.52 Å². The van der Waals surface area contributed by atoms with E-state index in [1.165, 1.54) is 5.56 Å². The Hall–Kier alpha value is -2.18. The Morgan fingerprint density at radius 2 is 2.12 bits per heavy atom. The molecule has 7 heteroatoms. The number of hydrogen-bond donors (Lipinski definition) is 0. The second-order valence-electron chi connectivity index (χ2n) is 7.17. The molecule has 25 heavy (non-hydrogen) atoms. The maximum absolute atomic E-state index is 12.9. The highest BCUT2D eigenvalue weighted by atomic mass is 16.5. The van der Waals surface area contributed by atoms with Crippen LogP contribution in [-0.4, -0.2) is 43.8 Å². The summed E-state index contributed by atoms with van der Waals surface area (Å²) in [5, 5.41) is 8.49. The van der Waals surface area contributed by atoms with Gasteiger partial charge in [-0.3, -0.25) is 9.48 Å². The summed E-state index contributed by atoms with van der Waals surface area (Å²) in [6, 6.07) is 0. The van der Waals surface area contributed by atoms with Crippen LogP contribution in [0.25, 0.3) is 0 Å². The molecule has 0 unspecified atom stereocenters. The average molecular weight is 345 g/mol. The zero-order valence-electron chi connectivity index (χ0n) is 15.7. The van der Waals surface area contributed by atoms with E-state index < -0.39 is 0 Å². The van der Waals surface area contributed by atoms with Crippen molar-refractivity contribution in [2.24, 2.45) is 13.0 Å². The molecular weight excluding hydrogens is 318 g/mol. The molecule has 0 spiro atoms. The van der Waals surface area contributed by atoms with Gasteiger partial charge in [-0.05, 0) is 38.7 Å². The van der Waals surface area contributed by atoms with Crippen molar-refractivity contribution in [1.82, 2.24) is 24.8 Å². The molecule has 0 aromatic carbocycles.